The van der Waals surface area contributed by atoms with E-state index in [2.05, 4.69) is 36.2 Å². The lowest BCUT2D eigenvalue weighted by Crippen LogP contribution is -2.40. The summed E-state index contributed by atoms with van der Waals surface area (Å²) < 4.78 is 1.97. The van der Waals surface area contributed by atoms with Crippen molar-refractivity contribution in [2.45, 2.75) is 58.7 Å². The molecule has 1 aromatic heterocycles. The Morgan fingerprint density at radius 3 is 2.55 bits per heavy atom. The van der Waals surface area contributed by atoms with Gasteiger partial charge in [0.05, 0.1) is 12.2 Å². The number of likely N-dealkylation sites (tertiary alicyclic amines) is 1. The van der Waals surface area contributed by atoms with Gasteiger partial charge in [0.2, 0.25) is 5.91 Å². The summed E-state index contributed by atoms with van der Waals surface area (Å²) in [6.45, 7) is 8.18. The summed E-state index contributed by atoms with van der Waals surface area (Å²) in [5.41, 5.74) is 9.20. The first-order valence-electron chi connectivity index (χ1n) is 8.13. The standard InChI is InChI=1S/C16H29N5O/c1-11-12(2)19-21(13(11)3)8-7-18-16(22)9-14-5-6-15(10-17)20(14)4/h14-15H,5-10,17H2,1-4H3,(H,18,22)/t14-,15+/m0/s1. The molecule has 0 aromatic carbocycles. The molecule has 0 radical (unpaired) electrons. The average Bonchev–Trinajstić information content (AvgIpc) is 2.95. The molecule has 0 aliphatic carbocycles. The van der Waals surface area contributed by atoms with Crippen LogP contribution in [0, 0.1) is 20.8 Å². The van der Waals surface area contributed by atoms with E-state index >= 15 is 0 Å². The minimum atomic E-state index is 0.118. The summed E-state index contributed by atoms with van der Waals surface area (Å²) in [6, 6.07) is 0.750. The van der Waals surface area contributed by atoms with Crippen LogP contribution in [0.5, 0.6) is 0 Å². The lowest BCUT2D eigenvalue weighted by atomic mass is 10.1. The summed E-state index contributed by atoms with van der Waals surface area (Å²) in [4.78, 5) is 14.3. The average molecular weight is 307 g/mol. The van der Waals surface area contributed by atoms with Crippen LogP contribution >= 0.6 is 0 Å². The number of carbonyl (C=O) groups excluding carboxylic acids is 1. The third kappa shape index (κ3) is 3.67. The molecule has 2 rings (SSSR count). The van der Waals surface area contributed by atoms with Crippen molar-refractivity contribution in [2.75, 3.05) is 20.1 Å². The van der Waals surface area contributed by atoms with E-state index in [1.54, 1.807) is 0 Å². The topological polar surface area (TPSA) is 76.2 Å². The van der Waals surface area contributed by atoms with Gasteiger partial charge in [-0.05, 0) is 46.2 Å². The maximum atomic E-state index is 12.1. The number of nitrogens with two attached hydrogens (primary N) is 1. The quantitative estimate of drug-likeness (QED) is 0.812. The Bertz CT molecular complexity index is 525. The van der Waals surface area contributed by atoms with E-state index in [9.17, 15) is 4.79 Å². The van der Waals surface area contributed by atoms with Crippen molar-refractivity contribution in [3.8, 4) is 0 Å². The van der Waals surface area contributed by atoms with Gasteiger partial charge in [-0.25, -0.2) is 0 Å². The predicted molar refractivity (Wildman–Crippen MR) is 87.7 cm³/mol. The third-order valence-electron chi connectivity index (χ3n) is 5.07. The van der Waals surface area contributed by atoms with Crippen molar-refractivity contribution >= 4 is 5.91 Å². The molecule has 0 bridgehead atoms. The summed E-state index contributed by atoms with van der Waals surface area (Å²) >= 11 is 0. The first-order valence-corrected chi connectivity index (χ1v) is 8.13. The molecule has 124 valence electrons. The highest BCUT2D eigenvalue weighted by Gasteiger charge is 2.30. The van der Waals surface area contributed by atoms with Gasteiger partial charge in [0, 0.05) is 37.3 Å². The Hall–Kier alpha value is -1.40. The number of carbonyl (C=O) groups is 1. The number of likely N-dealkylation sites (N-methyl/N-ethyl adjacent to an activating group) is 1. The first kappa shape index (κ1) is 17.0. The Morgan fingerprint density at radius 1 is 1.32 bits per heavy atom. The SMILES string of the molecule is Cc1nn(CCNC(=O)C[C@@H]2CC[C@H](CN)N2C)c(C)c1C. The van der Waals surface area contributed by atoms with E-state index in [-0.39, 0.29) is 5.91 Å². The largest absolute Gasteiger partial charge is 0.354 e. The molecule has 1 aliphatic rings. The van der Waals surface area contributed by atoms with Crippen molar-refractivity contribution in [3.05, 3.63) is 17.0 Å². The lowest BCUT2D eigenvalue weighted by Gasteiger charge is -2.24. The van der Waals surface area contributed by atoms with Crippen LogP contribution in [0.3, 0.4) is 0 Å². The zero-order chi connectivity index (χ0) is 16.3. The molecule has 1 amide bonds. The summed E-state index contributed by atoms with van der Waals surface area (Å²) in [6.07, 6.45) is 2.71. The van der Waals surface area contributed by atoms with Crippen LogP contribution in [0.15, 0.2) is 0 Å². The van der Waals surface area contributed by atoms with Crippen LogP contribution in [0.2, 0.25) is 0 Å². The highest BCUT2D eigenvalue weighted by Crippen LogP contribution is 2.23. The summed E-state index contributed by atoms with van der Waals surface area (Å²) in [5, 5.41) is 7.50. The molecule has 0 saturated carbocycles. The monoisotopic (exact) mass is 307 g/mol. The first-order chi connectivity index (χ1) is 10.4. The smallest absolute Gasteiger partial charge is 0.221 e. The number of rotatable bonds is 6. The minimum absolute atomic E-state index is 0.118. The minimum Gasteiger partial charge on any atom is -0.354 e. The number of aryl methyl sites for hydroxylation is 1. The zero-order valence-corrected chi connectivity index (χ0v) is 14.2. The highest BCUT2D eigenvalue weighted by atomic mass is 16.1. The molecule has 6 nitrogen and oxygen atoms in total. The van der Waals surface area contributed by atoms with Crippen LogP contribution in [0.4, 0.5) is 0 Å². The van der Waals surface area contributed by atoms with E-state index in [0.29, 0.717) is 31.6 Å². The number of amides is 1. The van der Waals surface area contributed by atoms with E-state index < -0.39 is 0 Å². The summed E-state index contributed by atoms with van der Waals surface area (Å²) in [7, 11) is 2.07. The van der Waals surface area contributed by atoms with Crippen LogP contribution in [-0.4, -0.2) is 52.8 Å². The van der Waals surface area contributed by atoms with Gasteiger partial charge in [-0.3, -0.25) is 14.4 Å². The van der Waals surface area contributed by atoms with Gasteiger partial charge in [-0.1, -0.05) is 0 Å². The second-order valence-corrected chi connectivity index (χ2v) is 6.36. The van der Waals surface area contributed by atoms with Gasteiger partial charge in [0.1, 0.15) is 0 Å². The fourth-order valence-corrected chi connectivity index (χ4v) is 3.21. The van der Waals surface area contributed by atoms with E-state index in [0.717, 1.165) is 25.1 Å². The molecule has 2 heterocycles. The van der Waals surface area contributed by atoms with E-state index in [4.69, 9.17) is 5.73 Å². The highest BCUT2D eigenvalue weighted by molar-refractivity contribution is 5.76. The van der Waals surface area contributed by atoms with Crippen LogP contribution in [0.25, 0.3) is 0 Å². The van der Waals surface area contributed by atoms with Gasteiger partial charge in [0.25, 0.3) is 0 Å². The van der Waals surface area contributed by atoms with E-state index in [1.165, 1.54) is 11.3 Å². The van der Waals surface area contributed by atoms with Gasteiger partial charge < -0.3 is 11.1 Å². The Morgan fingerprint density at radius 2 is 2.00 bits per heavy atom. The normalized spacial score (nSPS) is 22.2. The van der Waals surface area contributed by atoms with Crippen LogP contribution in [-0.2, 0) is 11.3 Å². The molecule has 2 atom stereocenters. The van der Waals surface area contributed by atoms with Gasteiger partial charge in [0.15, 0.2) is 0 Å². The van der Waals surface area contributed by atoms with Crippen molar-refractivity contribution in [2.24, 2.45) is 5.73 Å². The lowest BCUT2D eigenvalue weighted by molar-refractivity contribution is -0.122. The maximum absolute atomic E-state index is 12.1. The van der Waals surface area contributed by atoms with Crippen LogP contribution < -0.4 is 11.1 Å². The van der Waals surface area contributed by atoms with Gasteiger partial charge >= 0.3 is 0 Å². The van der Waals surface area contributed by atoms with Gasteiger partial charge in [-0.15, -0.1) is 0 Å². The fraction of sp³-hybridized carbons (Fsp3) is 0.750. The Labute approximate surface area is 133 Å². The second kappa shape index (κ2) is 7.24. The summed E-state index contributed by atoms with van der Waals surface area (Å²) in [5.74, 6) is 0.118. The third-order valence-corrected chi connectivity index (χ3v) is 5.07. The van der Waals surface area contributed by atoms with Crippen molar-refractivity contribution in [1.29, 1.82) is 0 Å². The zero-order valence-electron chi connectivity index (χ0n) is 14.2. The second-order valence-electron chi connectivity index (χ2n) is 6.36. The molecule has 3 N–H and O–H groups in total. The number of hydrogen-bond acceptors (Lipinski definition) is 4. The van der Waals surface area contributed by atoms with Crippen molar-refractivity contribution in [3.63, 3.8) is 0 Å². The molecule has 1 fully saturated rings. The number of aromatic nitrogens is 2. The molecule has 1 aliphatic heterocycles. The van der Waals surface area contributed by atoms with Crippen LogP contribution in [0.1, 0.15) is 36.2 Å². The number of hydrogen-bond donors (Lipinski definition) is 2. The van der Waals surface area contributed by atoms with Crippen molar-refractivity contribution < 1.29 is 4.79 Å². The fourth-order valence-electron chi connectivity index (χ4n) is 3.21. The Kier molecular flexibility index (Phi) is 5.58. The molecule has 1 aromatic rings. The molecule has 0 unspecified atom stereocenters. The number of nitrogens with one attached hydrogen (secondary N) is 1. The van der Waals surface area contributed by atoms with Gasteiger partial charge in [-0.2, -0.15) is 5.10 Å². The molecule has 22 heavy (non-hydrogen) atoms. The molecule has 0 spiro atoms. The predicted octanol–water partition coefficient (Wildman–Crippen LogP) is 0.736. The molecular weight excluding hydrogens is 278 g/mol. The Balaban J connectivity index is 1.75. The number of nitrogens with zero attached hydrogens (tertiary/aromatic N) is 3. The molecular formula is C16H29N5O. The van der Waals surface area contributed by atoms with E-state index in [1.807, 2.05) is 11.6 Å². The van der Waals surface area contributed by atoms with Crippen molar-refractivity contribution in [1.82, 2.24) is 20.0 Å². The molecule has 6 heteroatoms. The maximum Gasteiger partial charge on any atom is 0.221 e. The molecule has 1 saturated heterocycles.